The highest BCUT2D eigenvalue weighted by molar-refractivity contribution is 6.35. The van der Waals surface area contributed by atoms with Gasteiger partial charge in [0.1, 0.15) is 5.76 Å². The van der Waals surface area contributed by atoms with E-state index in [0.29, 0.717) is 10.7 Å². The van der Waals surface area contributed by atoms with Crippen molar-refractivity contribution < 1.29 is 4.42 Å². The third-order valence-electron chi connectivity index (χ3n) is 1.51. The van der Waals surface area contributed by atoms with Gasteiger partial charge >= 0.3 is 0 Å². The van der Waals surface area contributed by atoms with Crippen LogP contribution in [0.5, 0.6) is 0 Å². The number of hydrogen-bond donors (Lipinski definition) is 0. The molecule has 0 spiro atoms. The predicted molar refractivity (Wildman–Crippen MR) is 43.8 cm³/mol. The fourth-order valence-corrected chi connectivity index (χ4v) is 1.22. The fourth-order valence-electron chi connectivity index (χ4n) is 1.03. The van der Waals surface area contributed by atoms with Gasteiger partial charge in [0.05, 0.1) is 10.4 Å². The molecule has 2 heterocycles. The van der Waals surface area contributed by atoms with Crippen LogP contribution < -0.4 is 0 Å². The zero-order chi connectivity index (χ0) is 7.84. The molecule has 2 aromatic heterocycles. The summed E-state index contributed by atoms with van der Waals surface area (Å²) in [5.41, 5.74) is 0.606. The third kappa shape index (κ3) is 0.994. The van der Waals surface area contributed by atoms with Gasteiger partial charge in [0.15, 0.2) is 0 Å². The second-order valence-electron chi connectivity index (χ2n) is 2.37. The van der Waals surface area contributed by atoms with Gasteiger partial charge in [0, 0.05) is 6.20 Å². The van der Waals surface area contributed by atoms with E-state index >= 15 is 0 Å². The van der Waals surface area contributed by atoms with Gasteiger partial charge in [-0.3, -0.25) is 0 Å². The van der Waals surface area contributed by atoms with E-state index in [1.165, 1.54) is 0 Å². The molecule has 0 radical (unpaired) electrons. The first kappa shape index (κ1) is 6.68. The zero-order valence-electron chi connectivity index (χ0n) is 5.97. The van der Waals surface area contributed by atoms with Gasteiger partial charge in [-0.2, -0.15) is 0 Å². The topological polar surface area (TPSA) is 26.0 Å². The normalized spacial score (nSPS) is 10.7. The molecule has 0 N–H and O–H groups in total. The molecule has 11 heavy (non-hydrogen) atoms. The van der Waals surface area contributed by atoms with Crippen molar-refractivity contribution in [2.24, 2.45) is 0 Å². The van der Waals surface area contributed by atoms with E-state index in [0.717, 1.165) is 11.1 Å². The van der Waals surface area contributed by atoms with Crippen LogP contribution in [-0.2, 0) is 0 Å². The standard InChI is InChI=1S/C8H6ClNO/c1-5-4-6-7(9)2-3-10-8(6)11-5/h2-4H,1H3. The Morgan fingerprint density at radius 3 is 3.09 bits per heavy atom. The van der Waals surface area contributed by atoms with E-state index in [1.807, 2.05) is 13.0 Å². The molecule has 2 nitrogen and oxygen atoms in total. The lowest BCUT2D eigenvalue weighted by atomic mass is 10.3. The molecule has 0 aliphatic rings. The Labute approximate surface area is 68.8 Å². The smallest absolute Gasteiger partial charge is 0.227 e. The van der Waals surface area contributed by atoms with Crippen LogP contribution in [0.3, 0.4) is 0 Å². The SMILES string of the molecule is Cc1cc2c(Cl)ccnc2o1. The molecule has 3 heteroatoms. The molecule has 0 atom stereocenters. The van der Waals surface area contributed by atoms with E-state index < -0.39 is 0 Å². The van der Waals surface area contributed by atoms with Crippen molar-refractivity contribution in [3.63, 3.8) is 0 Å². The van der Waals surface area contributed by atoms with Crippen LogP contribution in [0.2, 0.25) is 5.02 Å². The first-order valence-corrected chi connectivity index (χ1v) is 3.66. The fraction of sp³-hybridized carbons (Fsp3) is 0.125. The summed E-state index contributed by atoms with van der Waals surface area (Å²) < 4.78 is 5.25. The Morgan fingerprint density at radius 1 is 1.55 bits per heavy atom. The van der Waals surface area contributed by atoms with E-state index in [9.17, 15) is 0 Å². The van der Waals surface area contributed by atoms with Crippen molar-refractivity contribution in [3.05, 3.63) is 29.1 Å². The molecule has 0 aliphatic heterocycles. The van der Waals surface area contributed by atoms with E-state index in [-0.39, 0.29) is 0 Å². The lowest BCUT2D eigenvalue weighted by molar-refractivity contribution is 0.567. The minimum atomic E-state index is 0.606. The Hall–Kier alpha value is -1.02. The van der Waals surface area contributed by atoms with Gasteiger partial charge in [-0.1, -0.05) is 11.6 Å². The summed E-state index contributed by atoms with van der Waals surface area (Å²) in [5, 5.41) is 1.57. The zero-order valence-corrected chi connectivity index (χ0v) is 6.72. The lowest BCUT2D eigenvalue weighted by Crippen LogP contribution is -1.70. The van der Waals surface area contributed by atoms with E-state index in [4.69, 9.17) is 16.0 Å². The number of rotatable bonds is 0. The maximum Gasteiger partial charge on any atom is 0.227 e. The number of fused-ring (bicyclic) bond motifs is 1. The van der Waals surface area contributed by atoms with Crippen LogP contribution in [0.4, 0.5) is 0 Å². The molecule has 2 aromatic rings. The summed E-state index contributed by atoms with van der Waals surface area (Å²) in [7, 11) is 0. The van der Waals surface area contributed by atoms with E-state index in [2.05, 4.69) is 4.98 Å². The van der Waals surface area contributed by atoms with Crippen molar-refractivity contribution in [1.82, 2.24) is 4.98 Å². The molecule has 0 aromatic carbocycles. The molecule has 0 unspecified atom stereocenters. The highest BCUT2D eigenvalue weighted by Crippen LogP contribution is 2.23. The highest BCUT2D eigenvalue weighted by atomic mass is 35.5. The number of aromatic nitrogens is 1. The number of aryl methyl sites for hydroxylation is 1. The quantitative estimate of drug-likeness (QED) is 0.603. The average molecular weight is 168 g/mol. The maximum atomic E-state index is 5.87. The van der Waals surface area contributed by atoms with Crippen molar-refractivity contribution in [2.75, 3.05) is 0 Å². The number of hydrogen-bond acceptors (Lipinski definition) is 2. The van der Waals surface area contributed by atoms with Gasteiger partial charge in [-0.05, 0) is 19.1 Å². The molecule has 0 aliphatic carbocycles. The number of nitrogens with zero attached hydrogens (tertiary/aromatic N) is 1. The molecule has 0 saturated carbocycles. The molecular weight excluding hydrogens is 162 g/mol. The van der Waals surface area contributed by atoms with Gasteiger partial charge in [-0.25, -0.2) is 4.98 Å². The minimum Gasteiger partial charge on any atom is -0.443 e. The second-order valence-corrected chi connectivity index (χ2v) is 2.78. The van der Waals surface area contributed by atoms with Crippen molar-refractivity contribution >= 4 is 22.7 Å². The molecule has 0 bridgehead atoms. The Morgan fingerprint density at radius 2 is 2.36 bits per heavy atom. The summed E-state index contributed by atoms with van der Waals surface area (Å²) in [5.74, 6) is 0.834. The van der Waals surface area contributed by atoms with Crippen molar-refractivity contribution in [3.8, 4) is 0 Å². The first-order chi connectivity index (χ1) is 5.27. The van der Waals surface area contributed by atoms with Crippen LogP contribution in [0, 0.1) is 6.92 Å². The molecule has 0 amide bonds. The highest BCUT2D eigenvalue weighted by Gasteiger charge is 2.03. The summed E-state index contributed by atoms with van der Waals surface area (Å²) in [4.78, 5) is 4.01. The van der Waals surface area contributed by atoms with Crippen LogP contribution in [0.15, 0.2) is 22.7 Å². The van der Waals surface area contributed by atoms with Gasteiger partial charge < -0.3 is 4.42 Å². The Kier molecular flexibility index (Phi) is 1.36. The summed E-state index contributed by atoms with van der Waals surface area (Å²) in [6.07, 6.45) is 1.63. The monoisotopic (exact) mass is 167 g/mol. The summed E-state index contributed by atoms with van der Waals surface area (Å²) in [6, 6.07) is 3.63. The largest absolute Gasteiger partial charge is 0.443 e. The van der Waals surface area contributed by atoms with Gasteiger partial charge in [0.25, 0.3) is 0 Å². The molecule has 0 fully saturated rings. The summed E-state index contributed by atoms with van der Waals surface area (Å²) in [6.45, 7) is 1.87. The predicted octanol–water partition coefficient (Wildman–Crippen LogP) is 2.79. The number of furan rings is 1. The Balaban J connectivity index is 2.90. The maximum absolute atomic E-state index is 5.87. The van der Waals surface area contributed by atoms with Crippen LogP contribution in [-0.4, -0.2) is 4.98 Å². The van der Waals surface area contributed by atoms with Crippen LogP contribution in [0.1, 0.15) is 5.76 Å². The van der Waals surface area contributed by atoms with E-state index in [1.54, 1.807) is 12.3 Å². The lowest BCUT2D eigenvalue weighted by Gasteiger charge is -1.87. The average Bonchev–Trinajstić information content (AvgIpc) is 2.31. The minimum absolute atomic E-state index is 0.606. The Bertz CT molecular complexity index is 394. The van der Waals surface area contributed by atoms with Gasteiger partial charge in [-0.15, -0.1) is 0 Å². The number of halogens is 1. The van der Waals surface area contributed by atoms with Crippen LogP contribution >= 0.6 is 11.6 Å². The number of pyridine rings is 1. The van der Waals surface area contributed by atoms with Crippen LogP contribution in [0.25, 0.3) is 11.1 Å². The summed E-state index contributed by atoms with van der Waals surface area (Å²) >= 11 is 5.87. The second kappa shape index (κ2) is 2.24. The molecule has 2 rings (SSSR count). The molecule has 56 valence electrons. The third-order valence-corrected chi connectivity index (χ3v) is 1.84. The van der Waals surface area contributed by atoms with Crippen molar-refractivity contribution in [1.29, 1.82) is 0 Å². The van der Waals surface area contributed by atoms with Crippen molar-refractivity contribution in [2.45, 2.75) is 6.92 Å². The first-order valence-electron chi connectivity index (χ1n) is 3.28. The molecule has 0 saturated heterocycles. The van der Waals surface area contributed by atoms with Gasteiger partial charge in [0.2, 0.25) is 5.71 Å². The molecular formula is C8H6ClNO.